The molecule has 0 amide bonds. The van der Waals surface area contributed by atoms with Crippen LogP contribution < -0.4 is 5.32 Å². The number of nitrogens with zero attached hydrogens (tertiary/aromatic N) is 1. The largest absolute Gasteiger partial charge is 0.395 e. The number of aliphatic hydroxyl groups excluding tert-OH is 1. The second-order valence-electron chi connectivity index (χ2n) is 5.48. The Labute approximate surface area is 124 Å². The molecule has 20 heavy (non-hydrogen) atoms. The summed E-state index contributed by atoms with van der Waals surface area (Å²) in [6, 6.07) is 7.17. The molecule has 0 fully saturated rings. The third-order valence-electron chi connectivity index (χ3n) is 3.69. The van der Waals surface area contributed by atoms with Gasteiger partial charge in [-0.15, -0.1) is 0 Å². The first-order valence-electron chi connectivity index (χ1n) is 7.75. The zero-order valence-corrected chi connectivity index (χ0v) is 13.4. The topological polar surface area (TPSA) is 35.5 Å². The third kappa shape index (κ3) is 5.61. The molecule has 0 aliphatic carbocycles. The number of rotatable bonds is 9. The molecule has 0 aliphatic heterocycles. The van der Waals surface area contributed by atoms with Gasteiger partial charge in [0.1, 0.15) is 0 Å². The van der Waals surface area contributed by atoms with E-state index in [1.807, 2.05) is 0 Å². The lowest BCUT2D eigenvalue weighted by molar-refractivity contribution is 0.195. The Balaban J connectivity index is 2.72. The van der Waals surface area contributed by atoms with Crippen LogP contribution in [0.25, 0.3) is 0 Å². The van der Waals surface area contributed by atoms with E-state index in [1.165, 1.54) is 16.7 Å². The van der Waals surface area contributed by atoms with Crippen LogP contribution in [0.5, 0.6) is 0 Å². The first kappa shape index (κ1) is 17.2. The van der Waals surface area contributed by atoms with Crippen molar-refractivity contribution in [2.24, 2.45) is 0 Å². The first-order valence-corrected chi connectivity index (χ1v) is 7.75. The maximum Gasteiger partial charge on any atom is 0.0558 e. The molecule has 1 unspecified atom stereocenters. The summed E-state index contributed by atoms with van der Waals surface area (Å²) in [6.07, 6.45) is 1.07. The molecule has 1 aromatic rings. The predicted molar refractivity (Wildman–Crippen MR) is 86.2 cm³/mol. The summed E-state index contributed by atoms with van der Waals surface area (Å²) in [5, 5.41) is 12.7. The Morgan fingerprint density at radius 2 is 1.75 bits per heavy atom. The molecule has 3 heteroatoms. The SMILES string of the molecule is CCNC(CCN(CC)CCO)c1cc(C)cc(C)c1. The van der Waals surface area contributed by atoms with E-state index in [1.54, 1.807) is 0 Å². The summed E-state index contributed by atoms with van der Waals surface area (Å²) < 4.78 is 0. The molecule has 3 nitrogen and oxygen atoms in total. The summed E-state index contributed by atoms with van der Waals surface area (Å²) in [5.74, 6) is 0. The van der Waals surface area contributed by atoms with Crippen molar-refractivity contribution in [3.63, 3.8) is 0 Å². The number of hydrogen-bond acceptors (Lipinski definition) is 3. The van der Waals surface area contributed by atoms with E-state index < -0.39 is 0 Å². The van der Waals surface area contributed by atoms with Crippen molar-refractivity contribution in [2.75, 3.05) is 32.8 Å². The monoisotopic (exact) mass is 278 g/mol. The van der Waals surface area contributed by atoms with E-state index in [2.05, 4.69) is 56.1 Å². The van der Waals surface area contributed by atoms with Crippen molar-refractivity contribution in [3.05, 3.63) is 34.9 Å². The maximum absolute atomic E-state index is 9.07. The van der Waals surface area contributed by atoms with Gasteiger partial charge in [0, 0.05) is 19.1 Å². The van der Waals surface area contributed by atoms with Gasteiger partial charge >= 0.3 is 0 Å². The number of likely N-dealkylation sites (N-methyl/N-ethyl adjacent to an activating group) is 1. The molecule has 0 heterocycles. The van der Waals surface area contributed by atoms with E-state index >= 15 is 0 Å². The van der Waals surface area contributed by atoms with Crippen molar-refractivity contribution >= 4 is 0 Å². The van der Waals surface area contributed by atoms with Crippen LogP contribution in [0.2, 0.25) is 0 Å². The normalized spacial score (nSPS) is 12.9. The summed E-state index contributed by atoms with van der Waals surface area (Å²) in [7, 11) is 0. The molecule has 0 aromatic heterocycles. The minimum absolute atomic E-state index is 0.239. The van der Waals surface area contributed by atoms with Gasteiger partial charge in [0.25, 0.3) is 0 Å². The fourth-order valence-electron chi connectivity index (χ4n) is 2.73. The fraction of sp³-hybridized carbons (Fsp3) is 0.647. The van der Waals surface area contributed by atoms with Gasteiger partial charge in [-0.25, -0.2) is 0 Å². The van der Waals surface area contributed by atoms with Crippen molar-refractivity contribution < 1.29 is 5.11 Å². The van der Waals surface area contributed by atoms with Crippen LogP contribution in [0.3, 0.4) is 0 Å². The number of nitrogens with one attached hydrogen (secondary N) is 1. The molecule has 1 atom stereocenters. The Morgan fingerprint density at radius 3 is 2.25 bits per heavy atom. The molecule has 0 saturated carbocycles. The number of aliphatic hydroxyl groups is 1. The third-order valence-corrected chi connectivity index (χ3v) is 3.69. The molecule has 1 aromatic carbocycles. The van der Waals surface area contributed by atoms with Crippen LogP contribution in [0.1, 0.15) is 43.0 Å². The fourth-order valence-corrected chi connectivity index (χ4v) is 2.73. The predicted octanol–water partition coefficient (Wildman–Crippen LogP) is 2.66. The Morgan fingerprint density at radius 1 is 1.10 bits per heavy atom. The quantitative estimate of drug-likeness (QED) is 0.729. The molecule has 0 saturated heterocycles. The summed E-state index contributed by atoms with van der Waals surface area (Å²) in [6.45, 7) is 12.6. The molecule has 114 valence electrons. The Kier molecular flexibility index (Phi) is 7.82. The summed E-state index contributed by atoms with van der Waals surface area (Å²) >= 11 is 0. The molecule has 1 rings (SSSR count). The molecule has 0 radical (unpaired) electrons. The van der Waals surface area contributed by atoms with Gasteiger partial charge in [-0.1, -0.05) is 43.2 Å². The smallest absolute Gasteiger partial charge is 0.0558 e. The standard InChI is InChI=1S/C17H30N2O/c1-5-18-17(7-8-19(6-2)9-10-20)16-12-14(3)11-15(4)13-16/h11-13,17-18,20H,5-10H2,1-4H3. The lowest BCUT2D eigenvalue weighted by atomic mass is 9.99. The molecule has 2 N–H and O–H groups in total. The van der Waals surface area contributed by atoms with Gasteiger partial charge in [-0.2, -0.15) is 0 Å². The van der Waals surface area contributed by atoms with Crippen LogP contribution in [0.15, 0.2) is 18.2 Å². The molecule has 0 bridgehead atoms. The molecule has 0 aliphatic rings. The number of benzene rings is 1. The second-order valence-corrected chi connectivity index (χ2v) is 5.48. The zero-order valence-electron chi connectivity index (χ0n) is 13.4. The van der Waals surface area contributed by atoms with Gasteiger partial charge in [0.05, 0.1) is 6.61 Å². The highest BCUT2D eigenvalue weighted by atomic mass is 16.3. The summed E-state index contributed by atoms with van der Waals surface area (Å²) in [5.41, 5.74) is 4.03. The van der Waals surface area contributed by atoms with E-state index in [4.69, 9.17) is 5.11 Å². The second kappa shape index (κ2) is 9.11. The van der Waals surface area contributed by atoms with Crippen LogP contribution in [-0.2, 0) is 0 Å². The minimum atomic E-state index is 0.239. The van der Waals surface area contributed by atoms with Crippen molar-refractivity contribution in [1.82, 2.24) is 10.2 Å². The van der Waals surface area contributed by atoms with Crippen LogP contribution in [0.4, 0.5) is 0 Å². The highest BCUT2D eigenvalue weighted by molar-refractivity contribution is 5.30. The van der Waals surface area contributed by atoms with Gasteiger partial charge in [-0.05, 0) is 38.9 Å². The first-order chi connectivity index (χ1) is 9.60. The minimum Gasteiger partial charge on any atom is -0.395 e. The van der Waals surface area contributed by atoms with Crippen LogP contribution in [-0.4, -0.2) is 42.8 Å². The van der Waals surface area contributed by atoms with Crippen molar-refractivity contribution in [3.8, 4) is 0 Å². The summed E-state index contributed by atoms with van der Waals surface area (Å²) in [4.78, 5) is 2.30. The number of aryl methyl sites for hydroxylation is 2. The van der Waals surface area contributed by atoms with Gasteiger partial charge in [0.15, 0.2) is 0 Å². The molecular formula is C17H30N2O. The van der Waals surface area contributed by atoms with Crippen molar-refractivity contribution in [2.45, 2.75) is 40.2 Å². The number of hydrogen-bond donors (Lipinski definition) is 2. The van der Waals surface area contributed by atoms with E-state index in [-0.39, 0.29) is 6.61 Å². The highest BCUT2D eigenvalue weighted by Crippen LogP contribution is 2.20. The zero-order chi connectivity index (χ0) is 15.0. The lowest BCUT2D eigenvalue weighted by Gasteiger charge is -2.24. The van der Waals surface area contributed by atoms with Gasteiger partial charge < -0.3 is 15.3 Å². The van der Waals surface area contributed by atoms with Crippen LogP contribution >= 0.6 is 0 Å². The highest BCUT2D eigenvalue weighted by Gasteiger charge is 2.13. The van der Waals surface area contributed by atoms with E-state index in [0.717, 1.165) is 32.6 Å². The average Bonchev–Trinajstić information content (AvgIpc) is 2.40. The maximum atomic E-state index is 9.07. The van der Waals surface area contributed by atoms with Crippen LogP contribution in [0, 0.1) is 13.8 Å². The van der Waals surface area contributed by atoms with Crippen molar-refractivity contribution in [1.29, 1.82) is 0 Å². The average molecular weight is 278 g/mol. The van der Waals surface area contributed by atoms with Gasteiger partial charge in [0.2, 0.25) is 0 Å². The lowest BCUT2D eigenvalue weighted by Crippen LogP contribution is -2.31. The Hall–Kier alpha value is -0.900. The van der Waals surface area contributed by atoms with E-state index in [9.17, 15) is 0 Å². The van der Waals surface area contributed by atoms with E-state index in [0.29, 0.717) is 6.04 Å². The molecular weight excluding hydrogens is 248 g/mol. The molecule has 0 spiro atoms. The Bertz CT molecular complexity index is 372. The van der Waals surface area contributed by atoms with Gasteiger partial charge in [-0.3, -0.25) is 0 Å².